The minimum Gasteiger partial charge on any atom is -0.469 e. The number of allylic oxidation sites excluding steroid dienone is 4. The number of carbonyl (C=O) groups excluding carboxylic acids is 4. The lowest BCUT2D eigenvalue weighted by Gasteiger charge is -2.51. The first-order valence-electron chi connectivity index (χ1n) is 10.2. The number of hydrogen-bond acceptors (Lipinski definition) is 6. The minimum atomic E-state index is -1.14. The van der Waals surface area contributed by atoms with Gasteiger partial charge in [-0.05, 0) is 35.8 Å². The van der Waals surface area contributed by atoms with E-state index in [1.54, 1.807) is 0 Å². The number of ether oxygens (including phenoxy) is 2. The van der Waals surface area contributed by atoms with E-state index in [-0.39, 0.29) is 53.0 Å². The normalized spacial score (nSPS) is 50.4. The van der Waals surface area contributed by atoms with Gasteiger partial charge >= 0.3 is 11.9 Å². The summed E-state index contributed by atoms with van der Waals surface area (Å²) in [6.07, 6.45) is 2.31. The lowest BCUT2D eigenvalue weighted by molar-refractivity contribution is -0.184. The summed E-state index contributed by atoms with van der Waals surface area (Å²) >= 11 is 0. The molecule has 6 heteroatoms. The van der Waals surface area contributed by atoms with Crippen molar-refractivity contribution in [2.45, 2.75) is 25.7 Å². The van der Waals surface area contributed by atoms with E-state index in [0.717, 1.165) is 22.3 Å². The highest BCUT2D eigenvalue weighted by atomic mass is 16.5. The molecule has 0 amide bonds. The van der Waals surface area contributed by atoms with Crippen LogP contribution in [0.3, 0.4) is 0 Å². The van der Waals surface area contributed by atoms with E-state index in [4.69, 9.17) is 9.47 Å². The SMILES string of the molecule is COC(=O)C12[C@@H]3C4=C(CCC4=O)[C@H]4[C@H]3[C@H]3[C@@H]1C1=C(CCC1=O)[C@@H]3C42C(=O)OC. The molecule has 8 rings (SSSR count). The van der Waals surface area contributed by atoms with Crippen LogP contribution in [0, 0.1) is 46.3 Å². The Kier molecular flexibility index (Phi) is 2.34. The topological polar surface area (TPSA) is 86.7 Å². The Hall–Kier alpha value is -2.24. The highest BCUT2D eigenvalue weighted by Crippen LogP contribution is 2.95. The van der Waals surface area contributed by atoms with Crippen molar-refractivity contribution in [1.82, 2.24) is 0 Å². The first-order chi connectivity index (χ1) is 13.5. The zero-order chi connectivity index (χ0) is 19.3. The molecule has 0 heterocycles. The highest BCUT2D eigenvalue weighted by Gasteiger charge is 2.98. The number of carbonyl (C=O) groups is 4. The summed E-state index contributed by atoms with van der Waals surface area (Å²) in [5.41, 5.74) is 1.65. The zero-order valence-electron chi connectivity index (χ0n) is 15.7. The van der Waals surface area contributed by atoms with Gasteiger partial charge in [-0.15, -0.1) is 0 Å². The summed E-state index contributed by atoms with van der Waals surface area (Å²) < 4.78 is 10.7. The molecule has 6 nitrogen and oxygen atoms in total. The van der Waals surface area contributed by atoms with E-state index in [1.165, 1.54) is 14.2 Å². The molecular formula is C22H20O6. The van der Waals surface area contributed by atoms with Crippen molar-refractivity contribution in [2.75, 3.05) is 14.2 Å². The molecule has 8 bridgehead atoms. The van der Waals surface area contributed by atoms with Crippen LogP contribution in [-0.4, -0.2) is 37.7 Å². The summed E-state index contributed by atoms with van der Waals surface area (Å²) in [5.74, 6) is -1.17. The zero-order valence-corrected chi connectivity index (χ0v) is 15.7. The van der Waals surface area contributed by atoms with Gasteiger partial charge in [-0.2, -0.15) is 0 Å². The molecule has 0 N–H and O–H groups in total. The second kappa shape index (κ2) is 4.19. The van der Waals surface area contributed by atoms with Crippen molar-refractivity contribution in [3.63, 3.8) is 0 Å². The standard InChI is InChI=1S/C22H20O6/c1-27-19(25)21-15-7-3-5-9(23)11(7)17-13(15)14-16(21)8-4-6-10(24)12(8)18(14)22(17,21)20(26)28-2/h13-18H,3-6H2,1-2H3/t13-,14-,15+,16+,17-,18+,21?,22?/m1/s1. The van der Waals surface area contributed by atoms with Crippen molar-refractivity contribution in [1.29, 1.82) is 0 Å². The molecule has 28 heavy (non-hydrogen) atoms. The second-order valence-electron chi connectivity index (χ2n) is 9.51. The van der Waals surface area contributed by atoms with Crippen LogP contribution >= 0.6 is 0 Å². The van der Waals surface area contributed by atoms with E-state index in [2.05, 4.69) is 0 Å². The van der Waals surface area contributed by atoms with Gasteiger partial charge in [0, 0.05) is 36.5 Å². The first-order valence-corrected chi connectivity index (χ1v) is 10.2. The smallest absolute Gasteiger partial charge is 0.314 e. The average molecular weight is 380 g/mol. The van der Waals surface area contributed by atoms with E-state index >= 15 is 0 Å². The van der Waals surface area contributed by atoms with Gasteiger partial charge in [0.05, 0.1) is 25.0 Å². The number of methoxy groups -OCH3 is 2. The Labute approximate surface area is 161 Å². The Morgan fingerprint density at radius 3 is 1.50 bits per heavy atom. The van der Waals surface area contributed by atoms with Crippen LogP contribution in [0.15, 0.2) is 22.3 Å². The van der Waals surface area contributed by atoms with E-state index < -0.39 is 16.8 Å². The van der Waals surface area contributed by atoms with Crippen LogP contribution in [0.4, 0.5) is 0 Å². The summed E-state index contributed by atoms with van der Waals surface area (Å²) in [7, 11) is 2.74. The van der Waals surface area contributed by atoms with Gasteiger partial charge in [-0.3, -0.25) is 19.2 Å². The van der Waals surface area contributed by atoms with Crippen molar-refractivity contribution < 1.29 is 28.7 Å². The van der Waals surface area contributed by atoms with Crippen LogP contribution in [0.1, 0.15) is 25.7 Å². The lowest BCUT2D eigenvalue weighted by Crippen LogP contribution is -2.61. The molecule has 0 aromatic heterocycles. The molecule has 8 atom stereocenters. The van der Waals surface area contributed by atoms with Gasteiger partial charge in [0.25, 0.3) is 0 Å². The number of esters is 2. The monoisotopic (exact) mass is 380 g/mol. The average Bonchev–Trinajstić information content (AvgIpc) is 3.49. The fourth-order valence-corrected chi connectivity index (χ4v) is 9.73. The largest absolute Gasteiger partial charge is 0.469 e. The minimum absolute atomic E-state index is 0.0841. The molecule has 0 radical (unpaired) electrons. The molecule has 144 valence electrons. The molecule has 8 aliphatic rings. The van der Waals surface area contributed by atoms with Gasteiger partial charge in [-0.25, -0.2) is 0 Å². The lowest BCUT2D eigenvalue weighted by atomic mass is 9.48. The summed E-state index contributed by atoms with van der Waals surface area (Å²) in [4.78, 5) is 52.6. The summed E-state index contributed by atoms with van der Waals surface area (Å²) in [6.45, 7) is 0. The van der Waals surface area contributed by atoms with E-state index in [1.807, 2.05) is 0 Å². The fourth-order valence-electron chi connectivity index (χ4n) is 9.73. The molecule has 8 aliphatic carbocycles. The molecule has 0 spiro atoms. The maximum Gasteiger partial charge on any atom is 0.314 e. The maximum absolute atomic E-state index is 13.5. The second-order valence-corrected chi connectivity index (χ2v) is 9.51. The van der Waals surface area contributed by atoms with Crippen molar-refractivity contribution >= 4 is 23.5 Å². The molecule has 4 fully saturated rings. The number of Topliss-reactive ketones (excluding diaryl/α,β-unsaturated/α-hetero) is 2. The third-order valence-corrected chi connectivity index (χ3v) is 9.59. The fraction of sp³-hybridized carbons (Fsp3) is 0.636. The molecule has 0 aromatic carbocycles. The van der Waals surface area contributed by atoms with Gasteiger partial charge in [-0.1, -0.05) is 11.1 Å². The molecule has 0 aromatic rings. The van der Waals surface area contributed by atoms with Gasteiger partial charge in [0.1, 0.15) is 0 Å². The number of rotatable bonds is 2. The van der Waals surface area contributed by atoms with Crippen LogP contribution in [0.25, 0.3) is 0 Å². The first kappa shape index (κ1) is 15.7. The third-order valence-electron chi connectivity index (χ3n) is 9.59. The van der Waals surface area contributed by atoms with Crippen LogP contribution in [0.2, 0.25) is 0 Å². The molecule has 0 saturated heterocycles. The Morgan fingerprint density at radius 1 is 0.714 bits per heavy atom. The Morgan fingerprint density at radius 2 is 1.11 bits per heavy atom. The van der Waals surface area contributed by atoms with E-state index in [0.29, 0.717) is 25.7 Å². The number of ketones is 2. The molecule has 4 saturated carbocycles. The summed E-state index contributed by atoms with van der Waals surface area (Å²) in [5, 5.41) is 0. The molecule has 2 unspecified atom stereocenters. The quantitative estimate of drug-likeness (QED) is 0.673. The molecular weight excluding hydrogens is 360 g/mol. The van der Waals surface area contributed by atoms with Gasteiger partial charge < -0.3 is 9.47 Å². The Bertz CT molecular complexity index is 968. The van der Waals surface area contributed by atoms with Crippen LogP contribution < -0.4 is 0 Å². The van der Waals surface area contributed by atoms with Crippen LogP contribution in [0.5, 0.6) is 0 Å². The predicted molar refractivity (Wildman–Crippen MR) is 92.4 cm³/mol. The van der Waals surface area contributed by atoms with Crippen molar-refractivity contribution in [2.24, 2.45) is 46.3 Å². The van der Waals surface area contributed by atoms with Crippen molar-refractivity contribution in [3.8, 4) is 0 Å². The molecule has 0 aliphatic heterocycles. The van der Waals surface area contributed by atoms with Crippen molar-refractivity contribution in [3.05, 3.63) is 22.3 Å². The summed E-state index contributed by atoms with van der Waals surface area (Å²) in [6, 6.07) is 0. The number of hydrogen-bond donors (Lipinski definition) is 0. The van der Waals surface area contributed by atoms with Gasteiger partial charge in [0.15, 0.2) is 11.6 Å². The van der Waals surface area contributed by atoms with E-state index in [9.17, 15) is 19.2 Å². The Balaban J connectivity index is 1.60. The maximum atomic E-state index is 13.5. The third kappa shape index (κ3) is 1.04. The van der Waals surface area contributed by atoms with Gasteiger partial charge in [0.2, 0.25) is 0 Å². The van der Waals surface area contributed by atoms with Crippen LogP contribution in [-0.2, 0) is 28.7 Å². The highest BCUT2D eigenvalue weighted by molar-refractivity contribution is 6.10. The predicted octanol–water partition coefficient (Wildman–Crippen LogP) is 1.39.